The molecule has 0 atom stereocenters. The summed E-state index contributed by atoms with van der Waals surface area (Å²) in [7, 11) is 0. The van der Waals surface area contributed by atoms with Crippen molar-refractivity contribution in [1.82, 2.24) is 15.0 Å². The molecule has 0 aliphatic carbocycles. The molecule has 0 saturated heterocycles. The minimum Gasteiger partial charge on any atom is -0.338 e. The van der Waals surface area contributed by atoms with Gasteiger partial charge in [0.2, 0.25) is 0 Å². The van der Waals surface area contributed by atoms with Gasteiger partial charge in [-0.2, -0.15) is 26.3 Å². The summed E-state index contributed by atoms with van der Waals surface area (Å²) < 4.78 is 78.4. The number of rotatable bonds is 2. The Bertz CT molecular complexity index is 1240. The number of benzene rings is 2. The number of pyridine rings is 1. The van der Waals surface area contributed by atoms with Gasteiger partial charge < -0.3 is 4.98 Å². The third-order valence-corrected chi connectivity index (χ3v) is 4.73. The van der Waals surface area contributed by atoms with E-state index in [1.807, 2.05) is 0 Å². The summed E-state index contributed by atoms with van der Waals surface area (Å²) in [5.74, 6) is 0.231. The Labute approximate surface area is 170 Å². The molecule has 0 aliphatic rings. The summed E-state index contributed by atoms with van der Waals surface area (Å²) in [4.78, 5) is 10.8. The van der Waals surface area contributed by atoms with Crippen LogP contribution in [0.4, 0.5) is 26.3 Å². The normalized spacial score (nSPS) is 12.5. The zero-order chi connectivity index (χ0) is 21.7. The zero-order valence-electron chi connectivity index (χ0n) is 14.7. The molecule has 0 spiro atoms. The quantitative estimate of drug-likeness (QED) is 0.341. The maximum atomic E-state index is 13.3. The first kappa shape index (κ1) is 20.2. The van der Waals surface area contributed by atoms with Crippen molar-refractivity contribution in [2.75, 3.05) is 0 Å². The SMILES string of the molecule is FC(F)(F)c1ccc2nc(-c3ccc(-c4ncccc4C(F)(F)F)c(Cl)c3)[nH]c2c1. The van der Waals surface area contributed by atoms with E-state index in [1.165, 1.54) is 36.5 Å². The van der Waals surface area contributed by atoms with Gasteiger partial charge in [-0.1, -0.05) is 23.7 Å². The number of hydrogen-bond acceptors (Lipinski definition) is 2. The molecule has 0 unspecified atom stereocenters. The predicted molar refractivity (Wildman–Crippen MR) is 99.8 cm³/mol. The van der Waals surface area contributed by atoms with Crippen molar-refractivity contribution in [3.8, 4) is 22.6 Å². The van der Waals surface area contributed by atoms with E-state index in [2.05, 4.69) is 15.0 Å². The van der Waals surface area contributed by atoms with Gasteiger partial charge in [-0.05, 0) is 36.4 Å². The molecule has 4 rings (SSSR count). The molecular weight excluding hydrogens is 432 g/mol. The van der Waals surface area contributed by atoms with Crippen molar-refractivity contribution in [3.63, 3.8) is 0 Å². The van der Waals surface area contributed by atoms with Crippen LogP contribution in [0.2, 0.25) is 5.02 Å². The third-order valence-electron chi connectivity index (χ3n) is 4.42. The number of nitrogens with zero attached hydrogens (tertiary/aromatic N) is 2. The number of fused-ring (bicyclic) bond motifs is 1. The summed E-state index contributed by atoms with van der Waals surface area (Å²) in [6, 6.07) is 9.39. The lowest BCUT2D eigenvalue weighted by Crippen LogP contribution is -2.08. The van der Waals surface area contributed by atoms with Crippen LogP contribution in [0.5, 0.6) is 0 Å². The highest BCUT2D eigenvalue weighted by molar-refractivity contribution is 6.33. The molecule has 3 nitrogen and oxygen atoms in total. The first-order chi connectivity index (χ1) is 14.0. The number of H-pyrrole nitrogens is 1. The Morgan fingerprint density at radius 1 is 0.867 bits per heavy atom. The predicted octanol–water partition coefficient (Wildman–Crippen LogP) is 6.98. The van der Waals surface area contributed by atoms with E-state index in [9.17, 15) is 26.3 Å². The molecule has 0 amide bonds. The lowest BCUT2D eigenvalue weighted by molar-refractivity contribution is -0.138. The second-order valence-corrected chi connectivity index (χ2v) is 6.81. The molecule has 0 aliphatic heterocycles. The number of hydrogen-bond donors (Lipinski definition) is 1. The average Bonchev–Trinajstić information content (AvgIpc) is 3.10. The molecule has 10 heteroatoms. The smallest absolute Gasteiger partial charge is 0.338 e. The molecule has 0 radical (unpaired) electrons. The van der Waals surface area contributed by atoms with E-state index in [4.69, 9.17) is 11.6 Å². The van der Waals surface area contributed by atoms with Gasteiger partial charge in [0.15, 0.2) is 0 Å². The molecule has 2 aromatic heterocycles. The van der Waals surface area contributed by atoms with Gasteiger partial charge in [-0.15, -0.1) is 0 Å². The van der Waals surface area contributed by atoms with Crippen LogP contribution in [-0.2, 0) is 12.4 Å². The van der Waals surface area contributed by atoms with Crippen LogP contribution in [0.1, 0.15) is 11.1 Å². The van der Waals surface area contributed by atoms with Crippen LogP contribution in [0.25, 0.3) is 33.7 Å². The van der Waals surface area contributed by atoms with E-state index < -0.39 is 23.5 Å². The zero-order valence-corrected chi connectivity index (χ0v) is 15.5. The van der Waals surface area contributed by atoms with Crippen molar-refractivity contribution in [1.29, 1.82) is 0 Å². The van der Waals surface area contributed by atoms with Crippen molar-refractivity contribution in [3.05, 3.63) is 70.9 Å². The lowest BCUT2D eigenvalue weighted by Gasteiger charge is -2.13. The molecule has 0 bridgehead atoms. The maximum Gasteiger partial charge on any atom is 0.418 e. The lowest BCUT2D eigenvalue weighted by atomic mass is 10.0. The number of aromatic amines is 1. The fraction of sp³-hybridized carbons (Fsp3) is 0.100. The van der Waals surface area contributed by atoms with E-state index in [0.717, 1.165) is 18.2 Å². The Kier molecular flexibility index (Phi) is 4.73. The van der Waals surface area contributed by atoms with Crippen LogP contribution in [0.3, 0.4) is 0 Å². The van der Waals surface area contributed by atoms with Gasteiger partial charge in [0.05, 0.1) is 32.9 Å². The van der Waals surface area contributed by atoms with Crippen LogP contribution in [0, 0.1) is 0 Å². The highest BCUT2D eigenvalue weighted by atomic mass is 35.5. The summed E-state index contributed by atoms with van der Waals surface area (Å²) in [6.45, 7) is 0. The van der Waals surface area contributed by atoms with E-state index in [0.29, 0.717) is 11.1 Å². The number of halogens is 7. The van der Waals surface area contributed by atoms with Crippen molar-refractivity contribution in [2.45, 2.75) is 12.4 Å². The fourth-order valence-electron chi connectivity index (χ4n) is 3.03. The van der Waals surface area contributed by atoms with E-state index >= 15 is 0 Å². The van der Waals surface area contributed by atoms with Gasteiger partial charge in [-0.3, -0.25) is 4.98 Å². The first-order valence-electron chi connectivity index (χ1n) is 8.43. The fourth-order valence-corrected chi connectivity index (χ4v) is 3.30. The average molecular weight is 442 g/mol. The Hall–Kier alpha value is -3.07. The first-order valence-corrected chi connectivity index (χ1v) is 8.81. The van der Waals surface area contributed by atoms with Crippen LogP contribution in [-0.4, -0.2) is 15.0 Å². The number of nitrogens with one attached hydrogen (secondary N) is 1. The molecule has 2 aromatic carbocycles. The Balaban J connectivity index is 1.76. The molecule has 30 heavy (non-hydrogen) atoms. The van der Waals surface area contributed by atoms with E-state index in [1.54, 1.807) is 0 Å². The monoisotopic (exact) mass is 441 g/mol. The van der Waals surface area contributed by atoms with Gasteiger partial charge in [-0.25, -0.2) is 4.98 Å². The highest BCUT2D eigenvalue weighted by Gasteiger charge is 2.35. The highest BCUT2D eigenvalue weighted by Crippen LogP contribution is 2.39. The summed E-state index contributed by atoms with van der Waals surface area (Å²) in [5, 5.41) is -0.00635. The number of alkyl halides is 6. The number of aromatic nitrogens is 3. The van der Waals surface area contributed by atoms with Crippen LogP contribution < -0.4 is 0 Å². The largest absolute Gasteiger partial charge is 0.418 e. The van der Waals surface area contributed by atoms with Gasteiger partial charge in [0, 0.05) is 17.3 Å². The molecule has 154 valence electrons. The number of imidazole rings is 1. The van der Waals surface area contributed by atoms with Crippen molar-refractivity contribution < 1.29 is 26.3 Å². The molecule has 0 fully saturated rings. The van der Waals surface area contributed by atoms with Crippen LogP contribution in [0.15, 0.2) is 54.7 Å². The third kappa shape index (κ3) is 3.72. The summed E-state index contributed by atoms with van der Waals surface area (Å²) >= 11 is 6.22. The van der Waals surface area contributed by atoms with Gasteiger partial charge in [0.1, 0.15) is 5.82 Å². The summed E-state index contributed by atoms with van der Waals surface area (Å²) in [5.41, 5.74) is -1.12. The standard InChI is InChI=1S/C20H10ClF6N3/c21-14-8-10(3-5-12(14)17-13(20(25,26)27)2-1-7-28-17)18-29-15-6-4-11(19(22,23)24)9-16(15)30-18/h1-9H,(H,29,30). The Morgan fingerprint density at radius 3 is 2.30 bits per heavy atom. The topological polar surface area (TPSA) is 41.6 Å². The van der Waals surface area contributed by atoms with Gasteiger partial charge in [0.25, 0.3) is 0 Å². The van der Waals surface area contributed by atoms with E-state index in [-0.39, 0.29) is 27.6 Å². The molecule has 4 aromatic rings. The second-order valence-electron chi connectivity index (χ2n) is 6.41. The van der Waals surface area contributed by atoms with Crippen molar-refractivity contribution >= 4 is 22.6 Å². The Morgan fingerprint density at radius 2 is 1.63 bits per heavy atom. The minimum absolute atomic E-state index is 0.00635. The second kappa shape index (κ2) is 7.02. The molecule has 2 heterocycles. The maximum absolute atomic E-state index is 13.3. The minimum atomic E-state index is -4.61. The van der Waals surface area contributed by atoms with Crippen molar-refractivity contribution in [2.24, 2.45) is 0 Å². The van der Waals surface area contributed by atoms with Gasteiger partial charge >= 0.3 is 12.4 Å². The van der Waals surface area contributed by atoms with Crippen LogP contribution >= 0.6 is 11.6 Å². The molecular formula is C20H10ClF6N3. The summed E-state index contributed by atoms with van der Waals surface area (Å²) in [6.07, 6.45) is -7.88. The molecule has 0 saturated carbocycles. The molecule has 1 N–H and O–H groups in total.